The second-order valence-electron chi connectivity index (χ2n) is 7.11. The zero-order valence-electron chi connectivity index (χ0n) is 15.3. The van der Waals surface area contributed by atoms with E-state index < -0.39 is 0 Å². The summed E-state index contributed by atoms with van der Waals surface area (Å²) in [4.78, 5) is 9.52. The summed E-state index contributed by atoms with van der Waals surface area (Å²) in [6.07, 6.45) is 7.77. The minimum Gasteiger partial charge on any atom is -0.478 e. The van der Waals surface area contributed by atoms with Gasteiger partial charge in [-0.3, -0.25) is 0 Å². The summed E-state index contributed by atoms with van der Waals surface area (Å²) in [5, 5.41) is 8.18. The summed E-state index contributed by atoms with van der Waals surface area (Å²) in [5.41, 5.74) is 2.40. The zero-order valence-corrected chi connectivity index (χ0v) is 15.3. The molecule has 4 rings (SSSR count). The highest BCUT2D eigenvalue weighted by Crippen LogP contribution is 2.23. The first kappa shape index (κ1) is 17.2. The summed E-state index contributed by atoms with van der Waals surface area (Å²) in [6.45, 7) is 6.12. The van der Waals surface area contributed by atoms with E-state index in [9.17, 15) is 0 Å². The number of hydrogen-bond acceptors (Lipinski definition) is 6. The predicted molar refractivity (Wildman–Crippen MR) is 101 cm³/mol. The molecule has 0 bridgehead atoms. The lowest BCUT2D eigenvalue weighted by Gasteiger charge is -2.29. The summed E-state index contributed by atoms with van der Waals surface area (Å²) in [7, 11) is 0. The van der Waals surface area contributed by atoms with Crippen molar-refractivity contribution in [3.8, 4) is 5.88 Å². The number of anilines is 1. The Morgan fingerprint density at radius 2 is 1.96 bits per heavy atom. The summed E-state index contributed by atoms with van der Waals surface area (Å²) >= 11 is 0. The third-order valence-electron chi connectivity index (χ3n) is 5.22. The number of rotatable bonds is 6. The highest BCUT2D eigenvalue weighted by molar-refractivity contribution is 5.42. The van der Waals surface area contributed by atoms with Crippen molar-refractivity contribution in [3.63, 3.8) is 0 Å². The molecule has 6 heteroatoms. The van der Waals surface area contributed by atoms with Crippen LogP contribution >= 0.6 is 0 Å². The van der Waals surface area contributed by atoms with Crippen LogP contribution in [0.15, 0.2) is 30.5 Å². The molecule has 4 heterocycles. The maximum atomic E-state index is 5.90. The molecule has 0 amide bonds. The Bertz CT molecular complexity index is 703. The molecule has 1 fully saturated rings. The van der Waals surface area contributed by atoms with E-state index >= 15 is 0 Å². The zero-order chi connectivity index (χ0) is 17.6. The van der Waals surface area contributed by atoms with Crippen LogP contribution < -0.4 is 9.64 Å². The first-order valence-electron chi connectivity index (χ1n) is 9.75. The Balaban J connectivity index is 1.28. The second-order valence-corrected chi connectivity index (χ2v) is 7.11. The van der Waals surface area contributed by atoms with Gasteiger partial charge in [-0.2, -0.15) is 5.10 Å². The standard InChI is InChI=1S/C20H27N5O/c1-2-11-24(12-3-1)13-5-15-26-20-8-7-17-16-25(14-9-18(17)22-20)19-6-4-10-21-23-19/h4,6-8,10H,1-3,5,9,11-16H2. The van der Waals surface area contributed by atoms with Gasteiger partial charge in [-0.15, -0.1) is 5.10 Å². The molecule has 26 heavy (non-hydrogen) atoms. The highest BCUT2D eigenvalue weighted by atomic mass is 16.5. The van der Waals surface area contributed by atoms with E-state index in [1.165, 1.54) is 37.9 Å². The van der Waals surface area contributed by atoms with E-state index in [1.807, 2.05) is 18.2 Å². The maximum absolute atomic E-state index is 5.90. The molecule has 0 N–H and O–H groups in total. The molecule has 2 aromatic heterocycles. The van der Waals surface area contributed by atoms with Gasteiger partial charge < -0.3 is 14.5 Å². The molecule has 0 aliphatic carbocycles. The predicted octanol–water partition coefficient (Wildman–Crippen LogP) is 2.69. The van der Waals surface area contributed by atoms with Crippen LogP contribution in [-0.2, 0) is 13.0 Å². The van der Waals surface area contributed by atoms with Crippen molar-refractivity contribution in [2.24, 2.45) is 0 Å². The Labute approximate surface area is 155 Å². The van der Waals surface area contributed by atoms with Crippen molar-refractivity contribution in [2.75, 3.05) is 37.7 Å². The number of pyridine rings is 1. The van der Waals surface area contributed by atoms with Crippen molar-refractivity contribution in [1.29, 1.82) is 0 Å². The van der Waals surface area contributed by atoms with Gasteiger partial charge in [-0.05, 0) is 50.0 Å². The van der Waals surface area contributed by atoms with E-state index in [4.69, 9.17) is 9.72 Å². The average molecular weight is 353 g/mol. The fourth-order valence-corrected chi connectivity index (χ4v) is 3.78. The van der Waals surface area contributed by atoms with Crippen LogP contribution in [0.2, 0.25) is 0 Å². The molecule has 2 aromatic rings. The summed E-state index contributed by atoms with van der Waals surface area (Å²) in [6, 6.07) is 8.08. The van der Waals surface area contributed by atoms with E-state index in [1.54, 1.807) is 6.20 Å². The first-order chi connectivity index (χ1) is 12.9. The van der Waals surface area contributed by atoms with Gasteiger partial charge in [0.1, 0.15) is 0 Å². The monoisotopic (exact) mass is 353 g/mol. The molecule has 2 aliphatic heterocycles. The van der Waals surface area contributed by atoms with Gasteiger partial charge in [0.25, 0.3) is 0 Å². The lowest BCUT2D eigenvalue weighted by molar-refractivity contribution is 0.203. The Hall–Kier alpha value is -2.21. The lowest BCUT2D eigenvalue weighted by Crippen LogP contribution is -2.32. The minimum atomic E-state index is 0.744. The summed E-state index contributed by atoms with van der Waals surface area (Å²) < 4.78 is 5.90. The van der Waals surface area contributed by atoms with Crippen molar-refractivity contribution in [1.82, 2.24) is 20.1 Å². The molecule has 1 saturated heterocycles. The Morgan fingerprint density at radius 1 is 1.04 bits per heavy atom. The van der Waals surface area contributed by atoms with Crippen LogP contribution in [0.25, 0.3) is 0 Å². The van der Waals surface area contributed by atoms with E-state index in [-0.39, 0.29) is 0 Å². The van der Waals surface area contributed by atoms with Gasteiger partial charge in [0, 0.05) is 38.3 Å². The summed E-state index contributed by atoms with van der Waals surface area (Å²) in [5.74, 6) is 1.69. The van der Waals surface area contributed by atoms with Crippen LogP contribution in [0.3, 0.4) is 0 Å². The number of nitrogens with zero attached hydrogens (tertiary/aromatic N) is 5. The topological polar surface area (TPSA) is 54.4 Å². The molecule has 0 unspecified atom stereocenters. The van der Waals surface area contributed by atoms with E-state index in [2.05, 4.69) is 26.1 Å². The number of fused-ring (bicyclic) bond motifs is 1. The number of aromatic nitrogens is 3. The van der Waals surface area contributed by atoms with Gasteiger partial charge in [-0.25, -0.2) is 4.98 Å². The maximum Gasteiger partial charge on any atom is 0.213 e. The van der Waals surface area contributed by atoms with E-state index in [0.717, 1.165) is 56.5 Å². The molecule has 0 atom stereocenters. The second kappa shape index (κ2) is 8.45. The van der Waals surface area contributed by atoms with Crippen molar-refractivity contribution in [3.05, 3.63) is 41.7 Å². The molecular formula is C20H27N5O. The number of likely N-dealkylation sites (tertiary alicyclic amines) is 1. The molecule has 0 spiro atoms. The average Bonchev–Trinajstić information content (AvgIpc) is 2.72. The van der Waals surface area contributed by atoms with Crippen LogP contribution in [0.4, 0.5) is 5.82 Å². The van der Waals surface area contributed by atoms with Crippen molar-refractivity contribution >= 4 is 5.82 Å². The number of piperidine rings is 1. The molecule has 2 aliphatic rings. The van der Waals surface area contributed by atoms with Crippen LogP contribution in [0.5, 0.6) is 5.88 Å². The quantitative estimate of drug-likeness (QED) is 0.744. The third kappa shape index (κ3) is 4.30. The third-order valence-corrected chi connectivity index (χ3v) is 5.22. The van der Waals surface area contributed by atoms with Gasteiger partial charge in [-0.1, -0.05) is 12.5 Å². The normalized spacial score (nSPS) is 17.8. The Morgan fingerprint density at radius 3 is 2.81 bits per heavy atom. The van der Waals surface area contributed by atoms with Gasteiger partial charge >= 0.3 is 0 Å². The highest BCUT2D eigenvalue weighted by Gasteiger charge is 2.19. The molecular weight excluding hydrogens is 326 g/mol. The fourth-order valence-electron chi connectivity index (χ4n) is 3.78. The van der Waals surface area contributed by atoms with Crippen molar-refractivity contribution in [2.45, 2.75) is 38.6 Å². The molecule has 6 nitrogen and oxygen atoms in total. The van der Waals surface area contributed by atoms with E-state index in [0.29, 0.717) is 0 Å². The molecule has 0 radical (unpaired) electrons. The fraction of sp³-hybridized carbons (Fsp3) is 0.550. The first-order valence-corrected chi connectivity index (χ1v) is 9.75. The van der Waals surface area contributed by atoms with Gasteiger partial charge in [0.2, 0.25) is 5.88 Å². The smallest absolute Gasteiger partial charge is 0.213 e. The molecule has 138 valence electrons. The van der Waals surface area contributed by atoms with Crippen LogP contribution in [0, 0.1) is 0 Å². The lowest BCUT2D eigenvalue weighted by atomic mass is 10.1. The Kier molecular flexibility index (Phi) is 5.59. The number of ether oxygens (including phenoxy) is 1. The molecule has 0 saturated carbocycles. The molecule has 0 aromatic carbocycles. The largest absolute Gasteiger partial charge is 0.478 e. The number of hydrogen-bond donors (Lipinski definition) is 0. The van der Waals surface area contributed by atoms with Gasteiger partial charge in [0.05, 0.1) is 12.3 Å². The minimum absolute atomic E-state index is 0.744. The van der Waals surface area contributed by atoms with Gasteiger partial charge in [0.15, 0.2) is 5.82 Å². The van der Waals surface area contributed by atoms with Crippen molar-refractivity contribution < 1.29 is 4.74 Å². The SMILES string of the molecule is c1cnnc(N2CCc3nc(OCCCN4CCCCC4)ccc3C2)c1. The van der Waals surface area contributed by atoms with Crippen LogP contribution in [-0.4, -0.2) is 52.9 Å². The van der Waals surface area contributed by atoms with Crippen LogP contribution in [0.1, 0.15) is 36.9 Å².